The summed E-state index contributed by atoms with van der Waals surface area (Å²) in [6.07, 6.45) is 0. The van der Waals surface area contributed by atoms with E-state index in [4.69, 9.17) is 11.6 Å². The van der Waals surface area contributed by atoms with Crippen LogP contribution in [0.25, 0.3) is 0 Å². The topological polar surface area (TPSA) is 17.1 Å². The summed E-state index contributed by atoms with van der Waals surface area (Å²) in [5.41, 5.74) is 0.342. The lowest BCUT2D eigenvalue weighted by atomic mass is 10.0. The van der Waals surface area contributed by atoms with Crippen molar-refractivity contribution in [3.05, 3.63) is 68.2 Å². The number of hydrogen-bond acceptors (Lipinski definition) is 1. The molecule has 19 heavy (non-hydrogen) atoms. The van der Waals surface area contributed by atoms with Gasteiger partial charge in [0.05, 0.1) is 10.0 Å². The Morgan fingerprint density at radius 3 is 2.53 bits per heavy atom. The minimum atomic E-state index is -0.915. The van der Waals surface area contributed by atoms with Gasteiger partial charge in [-0.25, -0.2) is 8.78 Å². The van der Waals surface area contributed by atoms with Gasteiger partial charge < -0.3 is 0 Å². The van der Waals surface area contributed by atoms with Gasteiger partial charge in [-0.1, -0.05) is 23.7 Å². The minimum absolute atomic E-state index is 0.0375. The van der Waals surface area contributed by atoms with Gasteiger partial charge in [0.1, 0.15) is 5.82 Å². The van der Waals surface area contributed by atoms with Crippen LogP contribution >= 0.6 is 27.5 Å². The van der Waals surface area contributed by atoms with E-state index in [-0.39, 0.29) is 10.0 Å². The van der Waals surface area contributed by atoms with E-state index in [9.17, 15) is 13.6 Å². The van der Waals surface area contributed by atoms with Crippen molar-refractivity contribution in [2.75, 3.05) is 0 Å². The van der Waals surface area contributed by atoms with Crippen LogP contribution in [-0.4, -0.2) is 5.78 Å². The summed E-state index contributed by atoms with van der Waals surface area (Å²) in [4.78, 5) is 12.1. The Bertz CT molecular complexity index is 671. The number of ketones is 1. The van der Waals surface area contributed by atoms with Crippen LogP contribution in [0.1, 0.15) is 21.5 Å². The maximum atomic E-state index is 13.8. The van der Waals surface area contributed by atoms with Crippen LogP contribution in [0.4, 0.5) is 8.78 Å². The average Bonchev–Trinajstić information content (AvgIpc) is 2.37. The van der Waals surface area contributed by atoms with Gasteiger partial charge in [0.25, 0.3) is 0 Å². The molecule has 0 aliphatic rings. The molecule has 0 saturated heterocycles. The van der Waals surface area contributed by atoms with Gasteiger partial charge in [-0.05, 0) is 46.6 Å². The fourth-order valence-corrected chi connectivity index (χ4v) is 2.12. The first-order valence-corrected chi connectivity index (χ1v) is 6.53. The molecular weight excluding hydrogens is 338 g/mol. The van der Waals surface area contributed by atoms with Gasteiger partial charge >= 0.3 is 0 Å². The molecule has 0 bridgehead atoms. The molecule has 0 amide bonds. The van der Waals surface area contributed by atoms with Crippen molar-refractivity contribution >= 4 is 33.3 Å². The second-order valence-electron chi connectivity index (χ2n) is 4.01. The number of benzene rings is 2. The molecule has 0 saturated carbocycles. The zero-order valence-electron chi connectivity index (χ0n) is 9.81. The number of carbonyl (C=O) groups excluding carboxylic acids is 1. The monoisotopic (exact) mass is 344 g/mol. The third kappa shape index (κ3) is 2.69. The molecular formula is C14H8BrClF2O. The normalized spacial score (nSPS) is 10.6. The van der Waals surface area contributed by atoms with E-state index in [0.717, 1.165) is 11.6 Å². The van der Waals surface area contributed by atoms with Crippen molar-refractivity contribution in [1.29, 1.82) is 0 Å². The van der Waals surface area contributed by atoms with E-state index in [2.05, 4.69) is 15.9 Å². The first kappa shape index (κ1) is 14.2. The van der Waals surface area contributed by atoms with E-state index in [1.165, 1.54) is 18.2 Å². The Morgan fingerprint density at radius 2 is 1.89 bits per heavy atom. The largest absolute Gasteiger partial charge is 0.288 e. The Kier molecular flexibility index (Phi) is 4.02. The van der Waals surface area contributed by atoms with Crippen molar-refractivity contribution in [2.24, 2.45) is 0 Å². The Balaban J connectivity index is 2.56. The number of carbonyl (C=O) groups is 1. The molecule has 0 fully saturated rings. The molecule has 98 valence electrons. The fraction of sp³-hybridized carbons (Fsp3) is 0.0714. The summed E-state index contributed by atoms with van der Waals surface area (Å²) in [5.74, 6) is -2.55. The van der Waals surface area contributed by atoms with Gasteiger partial charge in [0, 0.05) is 10.6 Å². The molecule has 0 heterocycles. The van der Waals surface area contributed by atoms with Crippen LogP contribution < -0.4 is 0 Å². The van der Waals surface area contributed by atoms with Crippen molar-refractivity contribution in [3.8, 4) is 0 Å². The molecule has 0 atom stereocenters. The summed E-state index contributed by atoms with van der Waals surface area (Å²) in [6.45, 7) is 1.77. The summed E-state index contributed by atoms with van der Waals surface area (Å²) in [7, 11) is 0. The summed E-state index contributed by atoms with van der Waals surface area (Å²) in [5, 5.41) is 0.377. The zero-order chi connectivity index (χ0) is 14.2. The lowest BCUT2D eigenvalue weighted by Crippen LogP contribution is -2.08. The van der Waals surface area contributed by atoms with Crippen LogP contribution in [0.5, 0.6) is 0 Å². The highest BCUT2D eigenvalue weighted by molar-refractivity contribution is 9.10. The maximum Gasteiger partial charge on any atom is 0.199 e. The van der Waals surface area contributed by atoms with Crippen LogP contribution in [-0.2, 0) is 0 Å². The maximum absolute atomic E-state index is 13.8. The van der Waals surface area contributed by atoms with E-state index >= 15 is 0 Å². The lowest BCUT2D eigenvalue weighted by molar-refractivity contribution is 0.103. The molecule has 0 N–H and O–H groups in total. The highest BCUT2D eigenvalue weighted by atomic mass is 79.9. The van der Waals surface area contributed by atoms with Crippen LogP contribution in [0.2, 0.25) is 5.02 Å². The fourth-order valence-electron chi connectivity index (χ4n) is 1.61. The molecule has 2 aromatic carbocycles. The van der Waals surface area contributed by atoms with E-state index < -0.39 is 23.0 Å². The molecule has 0 unspecified atom stereocenters. The van der Waals surface area contributed by atoms with Gasteiger partial charge in [0.2, 0.25) is 0 Å². The Labute approximate surface area is 122 Å². The molecule has 0 aromatic heterocycles. The summed E-state index contributed by atoms with van der Waals surface area (Å²) in [6, 6.07) is 6.77. The molecule has 2 aromatic rings. The number of rotatable bonds is 2. The molecule has 0 spiro atoms. The third-order valence-electron chi connectivity index (χ3n) is 2.71. The van der Waals surface area contributed by atoms with E-state index in [1.54, 1.807) is 13.0 Å². The Morgan fingerprint density at radius 1 is 1.21 bits per heavy atom. The van der Waals surface area contributed by atoms with Crippen molar-refractivity contribution in [1.82, 2.24) is 0 Å². The minimum Gasteiger partial charge on any atom is -0.288 e. The number of halogens is 4. The standard InChI is InChI=1S/C14H8BrClF2O/c1-7-2-3-8(6-10(7)16)14(19)12-11(17)5-4-9(15)13(12)18/h2-6H,1H3. The third-order valence-corrected chi connectivity index (χ3v) is 3.72. The smallest absolute Gasteiger partial charge is 0.199 e. The predicted molar refractivity (Wildman–Crippen MR) is 73.7 cm³/mol. The quantitative estimate of drug-likeness (QED) is 0.558. The lowest BCUT2D eigenvalue weighted by Gasteiger charge is -2.07. The molecule has 2 rings (SSSR count). The molecule has 5 heteroatoms. The molecule has 0 radical (unpaired) electrons. The van der Waals surface area contributed by atoms with Gasteiger partial charge in [-0.15, -0.1) is 0 Å². The average molecular weight is 346 g/mol. The Hall–Kier alpha value is -1.26. The highest BCUT2D eigenvalue weighted by Gasteiger charge is 2.21. The molecule has 1 nitrogen and oxygen atoms in total. The number of aryl methyl sites for hydroxylation is 1. The van der Waals surface area contributed by atoms with Crippen molar-refractivity contribution < 1.29 is 13.6 Å². The second-order valence-corrected chi connectivity index (χ2v) is 5.27. The van der Waals surface area contributed by atoms with Crippen LogP contribution in [0.15, 0.2) is 34.8 Å². The first-order valence-electron chi connectivity index (χ1n) is 5.36. The first-order chi connectivity index (χ1) is 8.91. The van der Waals surface area contributed by atoms with Crippen LogP contribution in [0, 0.1) is 18.6 Å². The SMILES string of the molecule is Cc1ccc(C(=O)c2c(F)ccc(Br)c2F)cc1Cl. The second kappa shape index (κ2) is 5.39. The highest BCUT2D eigenvalue weighted by Crippen LogP contribution is 2.25. The van der Waals surface area contributed by atoms with Gasteiger partial charge in [-0.3, -0.25) is 4.79 Å². The summed E-state index contributed by atoms with van der Waals surface area (Å²) < 4.78 is 27.5. The number of hydrogen-bond donors (Lipinski definition) is 0. The molecule has 0 aliphatic carbocycles. The van der Waals surface area contributed by atoms with Crippen LogP contribution in [0.3, 0.4) is 0 Å². The van der Waals surface area contributed by atoms with E-state index in [0.29, 0.717) is 5.02 Å². The van der Waals surface area contributed by atoms with Gasteiger partial charge in [0.15, 0.2) is 11.6 Å². The van der Waals surface area contributed by atoms with Crippen molar-refractivity contribution in [3.63, 3.8) is 0 Å². The zero-order valence-corrected chi connectivity index (χ0v) is 12.1. The summed E-state index contributed by atoms with van der Waals surface area (Å²) >= 11 is 8.83. The predicted octanol–water partition coefficient (Wildman–Crippen LogP) is 4.92. The van der Waals surface area contributed by atoms with Crippen molar-refractivity contribution in [2.45, 2.75) is 6.92 Å². The van der Waals surface area contributed by atoms with E-state index in [1.807, 2.05) is 0 Å². The van der Waals surface area contributed by atoms with Gasteiger partial charge in [-0.2, -0.15) is 0 Å². The molecule has 0 aliphatic heterocycles.